The van der Waals surface area contributed by atoms with Crippen molar-refractivity contribution in [3.05, 3.63) is 12.3 Å². The van der Waals surface area contributed by atoms with Crippen LogP contribution in [0.2, 0.25) is 0 Å². The highest BCUT2D eigenvalue weighted by molar-refractivity contribution is 5.78. The first kappa shape index (κ1) is 9.01. The smallest absolute Gasteiger partial charge is 0.318 e. The third kappa shape index (κ3) is 1.50. The van der Waals surface area contributed by atoms with Gasteiger partial charge in [-0.15, -0.1) is 0 Å². The number of carbonyl (C=O) groups excluding carboxylic acids is 1. The number of hydrogen-bond acceptors (Lipinski definition) is 3. The van der Waals surface area contributed by atoms with Gasteiger partial charge < -0.3 is 9.84 Å². The molecule has 0 saturated carbocycles. The lowest BCUT2D eigenvalue weighted by Crippen LogP contribution is -2.27. The molecule has 0 aliphatic heterocycles. The van der Waals surface area contributed by atoms with Crippen LogP contribution >= 0.6 is 0 Å². The molecule has 0 atom stereocenters. The fraction of sp³-hybridized carbons (Fsp3) is 0.571. The zero-order valence-electron chi connectivity index (χ0n) is 6.47. The molecule has 0 aromatic rings. The van der Waals surface area contributed by atoms with Crippen LogP contribution in [0.15, 0.2) is 12.3 Å². The molecule has 0 aliphatic carbocycles. The number of methoxy groups -OCH3 is 1. The lowest BCUT2D eigenvalue weighted by atomic mass is 9.92. The molecule has 1 N–H and O–H groups in total. The lowest BCUT2D eigenvalue weighted by molar-refractivity contribution is -0.150. The quantitative estimate of drug-likeness (QED) is 0.468. The van der Waals surface area contributed by atoms with E-state index in [9.17, 15) is 4.79 Å². The third-order valence-corrected chi connectivity index (χ3v) is 1.42. The largest absolute Gasteiger partial charge is 0.512 e. The first-order valence-electron chi connectivity index (χ1n) is 2.89. The van der Waals surface area contributed by atoms with Crippen LogP contribution in [0.25, 0.3) is 0 Å². The van der Waals surface area contributed by atoms with Crippen LogP contribution in [0.5, 0.6) is 0 Å². The van der Waals surface area contributed by atoms with Crippen LogP contribution in [0, 0.1) is 5.41 Å². The van der Waals surface area contributed by atoms with E-state index >= 15 is 0 Å². The normalized spacial score (nSPS) is 10.7. The van der Waals surface area contributed by atoms with Crippen LogP contribution in [-0.2, 0) is 9.53 Å². The zero-order valence-corrected chi connectivity index (χ0v) is 6.47. The van der Waals surface area contributed by atoms with Gasteiger partial charge in [0.25, 0.3) is 0 Å². The summed E-state index contributed by atoms with van der Waals surface area (Å²) in [6, 6.07) is 0. The monoisotopic (exact) mass is 144 g/mol. The Morgan fingerprint density at radius 1 is 1.60 bits per heavy atom. The second-order valence-electron chi connectivity index (χ2n) is 2.56. The summed E-state index contributed by atoms with van der Waals surface area (Å²) in [6.45, 7) is 6.34. The van der Waals surface area contributed by atoms with E-state index in [2.05, 4.69) is 11.3 Å². The summed E-state index contributed by atoms with van der Waals surface area (Å²) in [5.74, 6) is -0.667. The Hall–Kier alpha value is -0.990. The highest BCUT2D eigenvalue weighted by Gasteiger charge is 2.31. The summed E-state index contributed by atoms with van der Waals surface area (Å²) in [4.78, 5) is 10.8. The van der Waals surface area contributed by atoms with Gasteiger partial charge in [0.15, 0.2) is 0 Å². The van der Waals surface area contributed by atoms with E-state index in [-0.39, 0.29) is 5.76 Å². The molecular formula is C7H12O3. The van der Waals surface area contributed by atoms with Gasteiger partial charge in [-0.2, -0.15) is 0 Å². The van der Waals surface area contributed by atoms with Gasteiger partial charge >= 0.3 is 5.97 Å². The van der Waals surface area contributed by atoms with Crippen molar-refractivity contribution in [2.45, 2.75) is 13.8 Å². The average Bonchev–Trinajstić information content (AvgIpc) is 1.86. The molecule has 0 aromatic carbocycles. The van der Waals surface area contributed by atoms with Crippen molar-refractivity contribution in [2.24, 2.45) is 5.41 Å². The summed E-state index contributed by atoms with van der Waals surface area (Å²) in [5, 5.41) is 8.89. The molecule has 3 heteroatoms. The molecule has 3 nitrogen and oxygen atoms in total. The number of carbonyl (C=O) groups is 1. The molecular weight excluding hydrogens is 132 g/mol. The standard InChI is InChI=1S/C7H12O3/c1-5(8)7(2,3)6(9)10-4/h8H,1H2,2-4H3. The zero-order chi connectivity index (χ0) is 8.36. The molecule has 0 aromatic heterocycles. The van der Waals surface area contributed by atoms with Crippen LogP contribution in [0.1, 0.15) is 13.8 Å². The van der Waals surface area contributed by atoms with Gasteiger partial charge in [-0.3, -0.25) is 4.79 Å². The second-order valence-corrected chi connectivity index (χ2v) is 2.56. The lowest BCUT2D eigenvalue weighted by Gasteiger charge is -2.18. The predicted molar refractivity (Wildman–Crippen MR) is 37.6 cm³/mol. The molecule has 0 bridgehead atoms. The highest BCUT2D eigenvalue weighted by atomic mass is 16.5. The minimum atomic E-state index is -0.991. The molecule has 0 fully saturated rings. The van der Waals surface area contributed by atoms with Crippen molar-refractivity contribution in [3.8, 4) is 0 Å². The molecule has 0 unspecified atom stereocenters. The van der Waals surface area contributed by atoms with E-state index in [0.717, 1.165) is 0 Å². The SMILES string of the molecule is C=C(O)C(C)(C)C(=O)OC. The van der Waals surface area contributed by atoms with Gasteiger partial charge in [-0.25, -0.2) is 0 Å². The first-order valence-corrected chi connectivity index (χ1v) is 2.89. The van der Waals surface area contributed by atoms with Crippen molar-refractivity contribution in [2.75, 3.05) is 7.11 Å². The number of aliphatic hydroxyl groups is 1. The maximum absolute atomic E-state index is 10.8. The van der Waals surface area contributed by atoms with E-state index in [1.165, 1.54) is 7.11 Å². The molecule has 0 spiro atoms. The second kappa shape index (κ2) is 2.73. The van der Waals surface area contributed by atoms with Gasteiger partial charge in [-0.05, 0) is 13.8 Å². The first-order chi connectivity index (χ1) is 4.42. The maximum atomic E-state index is 10.8. The van der Waals surface area contributed by atoms with E-state index < -0.39 is 11.4 Å². The molecule has 0 radical (unpaired) electrons. The molecule has 58 valence electrons. The predicted octanol–water partition coefficient (Wildman–Crippen LogP) is 1.26. The van der Waals surface area contributed by atoms with Crippen LogP contribution < -0.4 is 0 Å². The van der Waals surface area contributed by atoms with Gasteiger partial charge in [0.1, 0.15) is 11.2 Å². The number of esters is 1. The van der Waals surface area contributed by atoms with Crippen molar-refractivity contribution in [1.29, 1.82) is 0 Å². The summed E-state index contributed by atoms with van der Waals surface area (Å²) >= 11 is 0. The van der Waals surface area contributed by atoms with Gasteiger partial charge in [-0.1, -0.05) is 6.58 Å². The Bertz CT molecular complexity index is 158. The number of aliphatic hydroxyl groups excluding tert-OH is 1. The van der Waals surface area contributed by atoms with Crippen LogP contribution in [0.4, 0.5) is 0 Å². The van der Waals surface area contributed by atoms with Crippen molar-refractivity contribution >= 4 is 5.97 Å². The summed E-state index contributed by atoms with van der Waals surface area (Å²) in [6.07, 6.45) is 0. The highest BCUT2D eigenvalue weighted by Crippen LogP contribution is 2.23. The Kier molecular flexibility index (Phi) is 2.46. The molecule has 0 amide bonds. The van der Waals surface area contributed by atoms with Crippen molar-refractivity contribution in [3.63, 3.8) is 0 Å². The molecule has 0 saturated heterocycles. The minimum Gasteiger partial charge on any atom is -0.512 e. The number of rotatable bonds is 2. The van der Waals surface area contributed by atoms with Crippen molar-refractivity contribution in [1.82, 2.24) is 0 Å². The fourth-order valence-electron chi connectivity index (χ4n) is 0.373. The third-order valence-electron chi connectivity index (χ3n) is 1.42. The summed E-state index contributed by atoms with van der Waals surface area (Å²) in [7, 11) is 1.27. The van der Waals surface area contributed by atoms with Crippen molar-refractivity contribution < 1.29 is 14.6 Å². The molecule has 0 aliphatic rings. The Balaban J connectivity index is 4.40. The number of hydrogen-bond donors (Lipinski definition) is 1. The van der Waals surface area contributed by atoms with Gasteiger partial charge in [0, 0.05) is 0 Å². The van der Waals surface area contributed by atoms with Crippen LogP contribution in [0.3, 0.4) is 0 Å². The average molecular weight is 144 g/mol. The maximum Gasteiger partial charge on any atom is 0.318 e. The summed E-state index contributed by atoms with van der Waals surface area (Å²) < 4.78 is 4.42. The number of ether oxygens (including phenoxy) is 1. The fourth-order valence-corrected chi connectivity index (χ4v) is 0.373. The van der Waals surface area contributed by atoms with E-state index in [0.29, 0.717) is 0 Å². The minimum absolute atomic E-state index is 0.181. The molecule has 0 heterocycles. The van der Waals surface area contributed by atoms with Gasteiger partial charge in [0.05, 0.1) is 7.11 Å². The molecule has 10 heavy (non-hydrogen) atoms. The van der Waals surface area contributed by atoms with E-state index in [1.54, 1.807) is 13.8 Å². The topological polar surface area (TPSA) is 46.5 Å². The van der Waals surface area contributed by atoms with Gasteiger partial charge in [0.2, 0.25) is 0 Å². The Morgan fingerprint density at radius 2 is 2.00 bits per heavy atom. The van der Waals surface area contributed by atoms with Crippen LogP contribution in [-0.4, -0.2) is 18.2 Å². The van der Waals surface area contributed by atoms with E-state index in [1.807, 2.05) is 0 Å². The van der Waals surface area contributed by atoms with E-state index in [4.69, 9.17) is 5.11 Å². The Labute approximate surface area is 60.3 Å². The summed E-state index contributed by atoms with van der Waals surface area (Å²) in [5.41, 5.74) is -0.991. The Morgan fingerprint density at radius 3 is 2.10 bits per heavy atom. The molecule has 0 rings (SSSR count).